The van der Waals surface area contributed by atoms with E-state index < -0.39 is 0 Å². The second-order valence-corrected chi connectivity index (χ2v) is 6.38. The van der Waals surface area contributed by atoms with Gasteiger partial charge in [0.25, 0.3) is 0 Å². The molecular weight excluding hydrogens is 230 g/mol. The third-order valence-corrected chi connectivity index (χ3v) is 3.61. The first-order chi connectivity index (χ1) is 8.08. The van der Waals surface area contributed by atoms with Crippen molar-refractivity contribution in [3.8, 4) is 0 Å². The number of aryl methyl sites for hydroxylation is 2. The van der Waals surface area contributed by atoms with Crippen LogP contribution in [0, 0.1) is 5.92 Å². The predicted octanol–water partition coefficient (Wildman–Crippen LogP) is 3.06. The minimum Gasteiger partial charge on any atom is -0.315 e. The molecule has 0 spiro atoms. The first-order valence-electron chi connectivity index (χ1n) is 6.62. The van der Waals surface area contributed by atoms with Crippen LogP contribution in [-0.4, -0.2) is 22.8 Å². The van der Waals surface area contributed by atoms with Crippen molar-refractivity contribution in [2.75, 3.05) is 6.54 Å². The molecule has 0 fully saturated rings. The van der Waals surface area contributed by atoms with E-state index in [1.807, 2.05) is 0 Å². The van der Waals surface area contributed by atoms with Crippen LogP contribution in [0.2, 0.25) is 0 Å². The van der Waals surface area contributed by atoms with Gasteiger partial charge in [-0.25, -0.2) is 0 Å². The van der Waals surface area contributed by atoms with E-state index in [9.17, 15) is 0 Å². The monoisotopic (exact) mass is 255 g/mol. The molecule has 0 atom stereocenters. The molecule has 4 heteroatoms. The molecule has 0 aliphatic heterocycles. The Bertz CT molecular complexity index is 307. The van der Waals surface area contributed by atoms with Gasteiger partial charge in [-0.2, -0.15) is 0 Å². The maximum atomic E-state index is 4.25. The van der Waals surface area contributed by atoms with Crippen LogP contribution in [0.1, 0.15) is 50.6 Å². The number of aromatic nitrogens is 2. The molecule has 98 valence electrons. The summed E-state index contributed by atoms with van der Waals surface area (Å²) in [5.41, 5.74) is 0. The first kappa shape index (κ1) is 14.6. The second kappa shape index (κ2) is 7.77. The molecule has 1 aromatic rings. The van der Waals surface area contributed by atoms with Crippen molar-refractivity contribution >= 4 is 11.3 Å². The largest absolute Gasteiger partial charge is 0.315 e. The third kappa shape index (κ3) is 6.74. The van der Waals surface area contributed by atoms with E-state index in [1.54, 1.807) is 11.3 Å². The lowest BCUT2D eigenvalue weighted by Crippen LogP contribution is -2.23. The second-order valence-electron chi connectivity index (χ2n) is 5.23. The minimum absolute atomic E-state index is 0.575. The van der Waals surface area contributed by atoms with E-state index in [0.717, 1.165) is 31.7 Å². The quantitative estimate of drug-likeness (QED) is 0.726. The summed E-state index contributed by atoms with van der Waals surface area (Å²) in [4.78, 5) is 0. The highest BCUT2D eigenvalue weighted by Gasteiger charge is 2.05. The van der Waals surface area contributed by atoms with Gasteiger partial charge in [-0.05, 0) is 25.3 Å². The van der Waals surface area contributed by atoms with Crippen LogP contribution in [-0.2, 0) is 12.8 Å². The highest BCUT2D eigenvalue weighted by Crippen LogP contribution is 2.15. The first-order valence-corrected chi connectivity index (χ1v) is 7.44. The fraction of sp³-hybridized carbons (Fsp3) is 0.846. The summed E-state index contributed by atoms with van der Waals surface area (Å²) < 4.78 is 0. The summed E-state index contributed by atoms with van der Waals surface area (Å²) >= 11 is 1.78. The summed E-state index contributed by atoms with van der Waals surface area (Å²) in [5, 5.41) is 14.3. The van der Waals surface area contributed by atoms with Crippen LogP contribution in [0.15, 0.2) is 0 Å². The van der Waals surface area contributed by atoms with E-state index in [1.165, 1.54) is 16.4 Å². The Morgan fingerprint density at radius 2 is 1.71 bits per heavy atom. The lowest BCUT2D eigenvalue weighted by molar-refractivity contribution is 0.569. The third-order valence-electron chi connectivity index (χ3n) is 2.56. The van der Waals surface area contributed by atoms with Crippen molar-refractivity contribution < 1.29 is 0 Å². The number of rotatable bonds is 8. The minimum atomic E-state index is 0.575. The standard InChI is InChI=1S/C13H25N3S/c1-10(2)7-8-13-16-15-12(17-13)6-5-9-14-11(3)4/h10-11,14H,5-9H2,1-4H3. The van der Waals surface area contributed by atoms with Crippen LogP contribution < -0.4 is 5.32 Å². The van der Waals surface area contributed by atoms with Gasteiger partial charge in [0.1, 0.15) is 10.0 Å². The molecule has 0 bridgehead atoms. The van der Waals surface area contributed by atoms with Crippen molar-refractivity contribution in [1.29, 1.82) is 0 Å². The van der Waals surface area contributed by atoms with Crippen LogP contribution in [0.4, 0.5) is 0 Å². The van der Waals surface area contributed by atoms with Crippen molar-refractivity contribution in [3.63, 3.8) is 0 Å². The molecule has 0 amide bonds. The van der Waals surface area contributed by atoms with Gasteiger partial charge in [-0.1, -0.05) is 27.7 Å². The topological polar surface area (TPSA) is 37.8 Å². The normalized spacial score (nSPS) is 11.6. The van der Waals surface area contributed by atoms with Crippen LogP contribution in [0.25, 0.3) is 0 Å². The molecule has 0 aliphatic carbocycles. The zero-order valence-corrected chi connectivity index (χ0v) is 12.3. The number of hydrogen-bond donors (Lipinski definition) is 1. The summed E-state index contributed by atoms with van der Waals surface area (Å²) in [6, 6.07) is 0.575. The molecule has 1 heterocycles. The van der Waals surface area contributed by atoms with Crippen LogP contribution >= 0.6 is 11.3 Å². The molecule has 3 nitrogen and oxygen atoms in total. The molecule has 1 aromatic heterocycles. The molecule has 1 rings (SSSR count). The van der Waals surface area contributed by atoms with E-state index in [-0.39, 0.29) is 0 Å². The average Bonchev–Trinajstić information content (AvgIpc) is 2.69. The Morgan fingerprint density at radius 3 is 2.29 bits per heavy atom. The molecular formula is C13H25N3S. The zero-order chi connectivity index (χ0) is 12.7. The summed E-state index contributed by atoms with van der Waals surface area (Å²) in [7, 11) is 0. The smallest absolute Gasteiger partial charge is 0.117 e. The Kier molecular flexibility index (Phi) is 6.66. The lowest BCUT2D eigenvalue weighted by atomic mass is 10.1. The van der Waals surface area contributed by atoms with Gasteiger partial charge < -0.3 is 5.32 Å². The summed E-state index contributed by atoms with van der Waals surface area (Å²) in [6.45, 7) is 9.92. The Morgan fingerprint density at radius 1 is 1.06 bits per heavy atom. The van der Waals surface area contributed by atoms with Gasteiger partial charge in [-0.3, -0.25) is 0 Å². The molecule has 17 heavy (non-hydrogen) atoms. The van der Waals surface area contributed by atoms with Crippen molar-refractivity contribution in [3.05, 3.63) is 10.0 Å². The fourth-order valence-corrected chi connectivity index (χ4v) is 2.43. The lowest BCUT2D eigenvalue weighted by Gasteiger charge is -2.05. The van der Waals surface area contributed by atoms with Crippen LogP contribution in [0.5, 0.6) is 0 Å². The fourth-order valence-electron chi connectivity index (χ4n) is 1.53. The predicted molar refractivity (Wildman–Crippen MR) is 74.5 cm³/mol. The summed E-state index contributed by atoms with van der Waals surface area (Å²) in [5.74, 6) is 0.748. The van der Waals surface area contributed by atoms with Gasteiger partial charge in [-0.15, -0.1) is 21.5 Å². The maximum absolute atomic E-state index is 4.25. The van der Waals surface area contributed by atoms with Crippen molar-refractivity contribution in [2.45, 2.75) is 59.4 Å². The number of hydrogen-bond acceptors (Lipinski definition) is 4. The molecule has 0 aromatic carbocycles. The van der Waals surface area contributed by atoms with Crippen molar-refractivity contribution in [2.24, 2.45) is 5.92 Å². The summed E-state index contributed by atoms with van der Waals surface area (Å²) in [6.07, 6.45) is 4.50. The maximum Gasteiger partial charge on any atom is 0.117 e. The molecule has 0 saturated heterocycles. The molecule has 1 N–H and O–H groups in total. The average molecular weight is 255 g/mol. The number of nitrogens with one attached hydrogen (secondary N) is 1. The van der Waals surface area contributed by atoms with Gasteiger partial charge in [0.15, 0.2) is 0 Å². The molecule has 0 unspecified atom stereocenters. The Hall–Kier alpha value is -0.480. The van der Waals surface area contributed by atoms with Gasteiger partial charge in [0.2, 0.25) is 0 Å². The SMILES string of the molecule is CC(C)CCc1nnc(CCCNC(C)C)s1. The van der Waals surface area contributed by atoms with E-state index in [4.69, 9.17) is 0 Å². The molecule has 0 saturated carbocycles. The highest BCUT2D eigenvalue weighted by atomic mass is 32.1. The Balaban J connectivity index is 2.21. The zero-order valence-electron chi connectivity index (χ0n) is 11.5. The highest BCUT2D eigenvalue weighted by molar-refractivity contribution is 7.11. The van der Waals surface area contributed by atoms with Gasteiger partial charge >= 0.3 is 0 Å². The van der Waals surface area contributed by atoms with Gasteiger partial charge in [0, 0.05) is 18.9 Å². The van der Waals surface area contributed by atoms with Gasteiger partial charge in [0.05, 0.1) is 0 Å². The Labute approximate surface area is 109 Å². The van der Waals surface area contributed by atoms with E-state index in [0.29, 0.717) is 6.04 Å². The molecule has 0 radical (unpaired) electrons. The van der Waals surface area contributed by atoms with E-state index >= 15 is 0 Å². The van der Waals surface area contributed by atoms with Crippen LogP contribution in [0.3, 0.4) is 0 Å². The molecule has 0 aliphatic rings. The van der Waals surface area contributed by atoms with E-state index in [2.05, 4.69) is 43.2 Å². The van der Waals surface area contributed by atoms with Crippen molar-refractivity contribution in [1.82, 2.24) is 15.5 Å². The number of nitrogens with zero attached hydrogens (tertiary/aromatic N) is 2.